The summed E-state index contributed by atoms with van der Waals surface area (Å²) in [6, 6.07) is 8.12. The normalized spacial score (nSPS) is 11.2. The Morgan fingerprint density at radius 3 is 2.42 bits per heavy atom. The highest BCUT2D eigenvalue weighted by atomic mass is 127. The molecule has 150 valence electrons. The molecule has 0 unspecified atom stereocenters. The maximum absolute atomic E-state index is 5.66. The van der Waals surface area contributed by atoms with Crippen LogP contribution in [-0.2, 0) is 6.54 Å². The zero-order valence-electron chi connectivity index (χ0n) is 16.9. The van der Waals surface area contributed by atoms with Crippen LogP contribution in [0.4, 0.5) is 0 Å². The van der Waals surface area contributed by atoms with Gasteiger partial charge in [-0.05, 0) is 46.5 Å². The van der Waals surface area contributed by atoms with Gasteiger partial charge in [0.05, 0.1) is 6.61 Å². The third-order valence-electron chi connectivity index (χ3n) is 4.02. The molecule has 6 heteroatoms. The number of hydrogen-bond donors (Lipinski definition) is 2. The maximum atomic E-state index is 5.66. The van der Waals surface area contributed by atoms with Gasteiger partial charge in [0.15, 0.2) is 5.96 Å². The van der Waals surface area contributed by atoms with Gasteiger partial charge in [0, 0.05) is 25.7 Å². The van der Waals surface area contributed by atoms with Crippen LogP contribution in [0.15, 0.2) is 29.3 Å². The first-order valence-corrected chi connectivity index (χ1v) is 9.47. The van der Waals surface area contributed by atoms with Gasteiger partial charge in [-0.3, -0.25) is 4.99 Å². The smallest absolute Gasteiger partial charge is 0.191 e. The highest BCUT2D eigenvalue weighted by Gasteiger charge is 2.03. The van der Waals surface area contributed by atoms with Gasteiger partial charge in [-0.2, -0.15) is 0 Å². The number of unbranched alkanes of at least 4 members (excludes halogenated alkanes) is 4. The predicted octanol–water partition coefficient (Wildman–Crippen LogP) is 3.88. The molecule has 0 aliphatic rings. The second-order valence-electron chi connectivity index (χ2n) is 6.46. The summed E-state index contributed by atoms with van der Waals surface area (Å²) < 4.78 is 5.66. The highest BCUT2D eigenvalue weighted by molar-refractivity contribution is 14.0. The Kier molecular flexibility index (Phi) is 15.5. The summed E-state index contributed by atoms with van der Waals surface area (Å²) in [6.45, 7) is 5.54. The average Bonchev–Trinajstić information content (AvgIpc) is 2.61. The Labute approximate surface area is 177 Å². The van der Waals surface area contributed by atoms with E-state index >= 15 is 0 Å². The molecule has 0 aromatic heterocycles. The van der Waals surface area contributed by atoms with Crippen LogP contribution in [-0.4, -0.2) is 51.7 Å². The number of para-hydroxylation sites is 1. The van der Waals surface area contributed by atoms with Gasteiger partial charge in [-0.15, -0.1) is 24.0 Å². The first kappa shape index (κ1) is 25.0. The van der Waals surface area contributed by atoms with Crippen LogP contribution in [0.1, 0.15) is 44.6 Å². The molecule has 0 radical (unpaired) electrons. The van der Waals surface area contributed by atoms with Gasteiger partial charge in [0.25, 0.3) is 0 Å². The number of halogens is 1. The molecule has 2 N–H and O–H groups in total. The van der Waals surface area contributed by atoms with E-state index in [-0.39, 0.29) is 24.0 Å². The summed E-state index contributed by atoms with van der Waals surface area (Å²) in [5.41, 5.74) is 1.15. The van der Waals surface area contributed by atoms with Crippen LogP contribution in [0.2, 0.25) is 0 Å². The number of ether oxygens (including phenoxy) is 1. The fourth-order valence-electron chi connectivity index (χ4n) is 2.64. The van der Waals surface area contributed by atoms with Crippen molar-refractivity contribution in [3.8, 4) is 5.75 Å². The van der Waals surface area contributed by atoms with Crippen LogP contribution in [0.25, 0.3) is 0 Å². The van der Waals surface area contributed by atoms with Crippen molar-refractivity contribution in [3.63, 3.8) is 0 Å². The lowest BCUT2D eigenvalue weighted by Crippen LogP contribution is -2.37. The molecule has 0 saturated carbocycles. The second-order valence-corrected chi connectivity index (χ2v) is 6.46. The third kappa shape index (κ3) is 11.6. The van der Waals surface area contributed by atoms with Crippen molar-refractivity contribution in [2.24, 2.45) is 4.99 Å². The molecular weight excluding hydrogens is 439 g/mol. The van der Waals surface area contributed by atoms with E-state index in [1.165, 1.54) is 38.6 Å². The first-order valence-electron chi connectivity index (χ1n) is 9.47. The number of rotatable bonds is 12. The fraction of sp³-hybridized carbons (Fsp3) is 0.650. The minimum atomic E-state index is 0. The monoisotopic (exact) mass is 476 g/mol. The summed E-state index contributed by atoms with van der Waals surface area (Å²) in [7, 11) is 6.08. The van der Waals surface area contributed by atoms with Crippen molar-refractivity contribution in [1.82, 2.24) is 15.5 Å². The topological polar surface area (TPSA) is 48.9 Å². The van der Waals surface area contributed by atoms with Crippen molar-refractivity contribution < 1.29 is 4.74 Å². The van der Waals surface area contributed by atoms with Crippen molar-refractivity contribution in [1.29, 1.82) is 0 Å². The van der Waals surface area contributed by atoms with E-state index in [0.717, 1.165) is 23.8 Å². The Hall–Kier alpha value is -1.02. The molecule has 0 aliphatic carbocycles. The molecule has 0 atom stereocenters. The molecule has 1 aromatic rings. The number of nitrogens with zero attached hydrogens (tertiary/aromatic N) is 2. The van der Waals surface area contributed by atoms with E-state index in [2.05, 4.69) is 40.7 Å². The van der Waals surface area contributed by atoms with E-state index in [0.29, 0.717) is 13.2 Å². The highest BCUT2D eigenvalue weighted by Crippen LogP contribution is 2.17. The lowest BCUT2D eigenvalue weighted by molar-refractivity contribution is 0.336. The van der Waals surface area contributed by atoms with Crippen LogP contribution in [0.5, 0.6) is 5.75 Å². The lowest BCUT2D eigenvalue weighted by atomic mass is 10.1. The van der Waals surface area contributed by atoms with Gasteiger partial charge in [0.1, 0.15) is 5.75 Å². The molecule has 0 amide bonds. The Bertz CT molecular complexity index is 494. The molecule has 0 aliphatic heterocycles. The second kappa shape index (κ2) is 16.2. The Balaban J connectivity index is 0.00000625. The zero-order chi connectivity index (χ0) is 18.3. The van der Waals surface area contributed by atoms with E-state index in [1.54, 1.807) is 0 Å². The molecule has 0 heterocycles. The van der Waals surface area contributed by atoms with E-state index in [9.17, 15) is 0 Å². The van der Waals surface area contributed by atoms with E-state index in [1.807, 2.05) is 32.2 Å². The predicted molar refractivity (Wildman–Crippen MR) is 123 cm³/mol. The summed E-state index contributed by atoms with van der Waals surface area (Å²) >= 11 is 0. The minimum Gasteiger partial charge on any atom is -0.494 e. The molecule has 0 bridgehead atoms. The molecule has 0 saturated heterocycles. The van der Waals surface area contributed by atoms with Crippen molar-refractivity contribution in [3.05, 3.63) is 29.8 Å². The van der Waals surface area contributed by atoms with Gasteiger partial charge >= 0.3 is 0 Å². The van der Waals surface area contributed by atoms with Gasteiger partial charge < -0.3 is 20.3 Å². The van der Waals surface area contributed by atoms with Gasteiger partial charge in [-0.1, -0.05) is 37.5 Å². The van der Waals surface area contributed by atoms with Gasteiger partial charge in [-0.25, -0.2) is 0 Å². The maximum Gasteiger partial charge on any atom is 0.191 e. The molecule has 26 heavy (non-hydrogen) atoms. The Morgan fingerprint density at radius 2 is 1.73 bits per heavy atom. The molecule has 0 spiro atoms. The largest absolute Gasteiger partial charge is 0.494 e. The molecule has 1 rings (SSSR count). The van der Waals surface area contributed by atoms with Crippen LogP contribution >= 0.6 is 24.0 Å². The molecule has 5 nitrogen and oxygen atoms in total. The molecule has 0 fully saturated rings. The van der Waals surface area contributed by atoms with Gasteiger partial charge in [0.2, 0.25) is 0 Å². The van der Waals surface area contributed by atoms with Crippen molar-refractivity contribution in [2.45, 2.75) is 45.6 Å². The van der Waals surface area contributed by atoms with E-state index < -0.39 is 0 Å². The average molecular weight is 476 g/mol. The summed E-state index contributed by atoms with van der Waals surface area (Å²) in [5.74, 6) is 1.78. The number of benzene rings is 1. The van der Waals surface area contributed by atoms with Crippen LogP contribution < -0.4 is 15.4 Å². The fourth-order valence-corrected chi connectivity index (χ4v) is 2.64. The quantitative estimate of drug-likeness (QED) is 0.208. The summed E-state index contributed by atoms with van der Waals surface area (Å²) in [5, 5.41) is 6.75. The number of guanidine groups is 1. The number of hydrogen-bond acceptors (Lipinski definition) is 3. The standard InChI is InChI=1S/C20H36N4O.HI/c1-5-25-19-14-10-9-13-18(19)17-23-20(21-2)22-15-11-7-6-8-12-16-24(3)4;/h9-10,13-14H,5-8,11-12,15-17H2,1-4H3,(H2,21,22,23);1H. The van der Waals surface area contributed by atoms with E-state index in [4.69, 9.17) is 4.74 Å². The number of nitrogens with one attached hydrogen (secondary N) is 2. The number of aliphatic imine (C=N–C) groups is 1. The van der Waals surface area contributed by atoms with Crippen LogP contribution in [0.3, 0.4) is 0 Å². The van der Waals surface area contributed by atoms with Crippen LogP contribution in [0, 0.1) is 0 Å². The van der Waals surface area contributed by atoms with Crippen molar-refractivity contribution >= 4 is 29.9 Å². The SMILES string of the molecule is CCOc1ccccc1CNC(=NC)NCCCCCCCN(C)C.I. The lowest BCUT2D eigenvalue weighted by Gasteiger charge is -2.14. The first-order chi connectivity index (χ1) is 12.2. The van der Waals surface area contributed by atoms with Crippen molar-refractivity contribution in [2.75, 3.05) is 40.8 Å². The Morgan fingerprint density at radius 1 is 1.04 bits per heavy atom. The summed E-state index contributed by atoms with van der Waals surface area (Å²) in [6.07, 6.45) is 6.37. The molecular formula is C20H37IN4O. The minimum absolute atomic E-state index is 0. The zero-order valence-corrected chi connectivity index (χ0v) is 19.2. The third-order valence-corrected chi connectivity index (χ3v) is 4.02. The molecule has 1 aromatic carbocycles. The summed E-state index contributed by atoms with van der Waals surface area (Å²) in [4.78, 5) is 6.54.